The van der Waals surface area contributed by atoms with Crippen molar-refractivity contribution in [1.82, 2.24) is 0 Å². The summed E-state index contributed by atoms with van der Waals surface area (Å²) in [5, 5.41) is 13.6. The molecule has 0 saturated heterocycles. The SMILES string of the molecule is Cc1cc(C)c(NC(=O)[C@H](C)OC(=O)c2cc([N+](=O)[O-])ccc2N)c(C)c1. The molecule has 0 aromatic heterocycles. The van der Waals surface area contributed by atoms with Gasteiger partial charge in [-0.05, 0) is 44.9 Å². The number of nitro benzene ring substituents is 1. The lowest BCUT2D eigenvalue weighted by atomic mass is 10.0. The van der Waals surface area contributed by atoms with Crippen molar-refractivity contribution in [3.8, 4) is 0 Å². The molecule has 0 radical (unpaired) electrons. The Bertz CT molecular complexity index is 901. The molecule has 1 atom stereocenters. The van der Waals surface area contributed by atoms with Crippen molar-refractivity contribution in [2.75, 3.05) is 11.1 Å². The number of nitrogens with zero attached hydrogens (tertiary/aromatic N) is 1. The Labute approximate surface area is 156 Å². The number of anilines is 2. The van der Waals surface area contributed by atoms with Crippen LogP contribution in [0.5, 0.6) is 0 Å². The van der Waals surface area contributed by atoms with Gasteiger partial charge in [-0.25, -0.2) is 4.79 Å². The summed E-state index contributed by atoms with van der Waals surface area (Å²) in [6.07, 6.45) is -1.11. The lowest BCUT2D eigenvalue weighted by molar-refractivity contribution is -0.384. The zero-order valence-corrected chi connectivity index (χ0v) is 15.5. The van der Waals surface area contributed by atoms with E-state index in [4.69, 9.17) is 10.5 Å². The number of nitrogens with one attached hydrogen (secondary N) is 1. The van der Waals surface area contributed by atoms with Gasteiger partial charge in [0.25, 0.3) is 11.6 Å². The van der Waals surface area contributed by atoms with Crippen LogP contribution in [0.1, 0.15) is 34.0 Å². The number of amides is 1. The largest absolute Gasteiger partial charge is 0.449 e. The van der Waals surface area contributed by atoms with Gasteiger partial charge in [-0.2, -0.15) is 0 Å². The maximum atomic E-state index is 12.4. The summed E-state index contributed by atoms with van der Waals surface area (Å²) in [7, 11) is 0. The van der Waals surface area contributed by atoms with Gasteiger partial charge in [0.1, 0.15) is 0 Å². The van der Waals surface area contributed by atoms with Gasteiger partial charge < -0.3 is 15.8 Å². The number of nitrogens with two attached hydrogens (primary N) is 1. The number of hydrogen-bond acceptors (Lipinski definition) is 6. The summed E-state index contributed by atoms with van der Waals surface area (Å²) in [6.45, 7) is 7.12. The van der Waals surface area contributed by atoms with E-state index in [-0.39, 0.29) is 16.9 Å². The van der Waals surface area contributed by atoms with Crippen LogP contribution in [-0.4, -0.2) is 22.9 Å². The standard InChI is InChI=1S/C19H21N3O5/c1-10-7-11(2)17(12(3)8-10)21-18(23)13(4)27-19(24)15-9-14(22(25)26)5-6-16(15)20/h5-9,13H,20H2,1-4H3,(H,21,23)/t13-/m0/s1. The number of aryl methyl sites for hydroxylation is 3. The molecule has 0 aliphatic rings. The molecular weight excluding hydrogens is 350 g/mol. The molecule has 2 aromatic rings. The normalized spacial score (nSPS) is 11.6. The number of nitro groups is 1. The van der Waals surface area contributed by atoms with Crippen molar-refractivity contribution in [2.45, 2.75) is 33.8 Å². The third kappa shape index (κ3) is 4.60. The molecule has 0 aliphatic heterocycles. The van der Waals surface area contributed by atoms with Crippen molar-refractivity contribution in [3.63, 3.8) is 0 Å². The monoisotopic (exact) mass is 371 g/mol. The van der Waals surface area contributed by atoms with Crippen LogP contribution >= 0.6 is 0 Å². The maximum absolute atomic E-state index is 12.4. The quantitative estimate of drug-likeness (QED) is 0.360. The lowest BCUT2D eigenvalue weighted by Gasteiger charge is -2.17. The first kappa shape index (κ1) is 19.9. The molecule has 0 bridgehead atoms. The van der Waals surface area contributed by atoms with Crippen LogP contribution in [0, 0.1) is 30.9 Å². The highest BCUT2D eigenvalue weighted by molar-refractivity contribution is 6.00. The van der Waals surface area contributed by atoms with Crippen molar-refractivity contribution >= 4 is 28.9 Å². The van der Waals surface area contributed by atoms with Crippen LogP contribution in [-0.2, 0) is 9.53 Å². The first-order chi connectivity index (χ1) is 12.6. The second kappa shape index (κ2) is 7.86. The van der Waals surface area contributed by atoms with Gasteiger partial charge in [0.15, 0.2) is 6.10 Å². The van der Waals surface area contributed by atoms with E-state index in [0.29, 0.717) is 5.69 Å². The van der Waals surface area contributed by atoms with Crippen LogP contribution in [0.2, 0.25) is 0 Å². The van der Waals surface area contributed by atoms with E-state index in [0.717, 1.165) is 22.8 Å². The fraction of sp³-hybridized carbons (Fsp3) is 0.263. The van der Waals surface area contributed by atoms with Gasteiger partial charge in [0.05, 0.1) is 10.5 Å². The van der Waals surface area contributed by atoms with Crippen LogP contribution < -0.4 is 11.1 Å². The number of carbonyl (C=O) groups is 2. The highest BCUT2D eigenvalue weighted by Gasteiger charge is 2.23. The number of non-ortho nitro benzene ring substituents is 1. The molecule has 27 heavy (non-hydrogen) atoms. The number of carbonyl (C=O) groups excluding carboxylic acids is 2. The number of ether oxygens (including phenoxy) is 1. The van der Waals surface area contributed by atoms with E-state index >= 15 is 0 Å². The smallest absolute Gasteiger partial charge is 0.341 e. The number of hydrogen-bond donors (Lipinski definition) is 2. The van der Waals surface area contributed by atoms with Gasteiger partial charge >= 0.3 is 5.97 Å². The number of esters is 1. The molecule has 0 aliphatic carbocycles. The Balaban J connectivity index is 2.14. The number of benzene rings is 2. The van der Waals surface area contributed by atoms with Crippen LogP contribution in [0.25, 0.3) is 0 Å². The molecule has 0 heterocycles. The van der Waals surface area contributed by atoms with E-state index < -0.39 is 22.9 Å². The summed E-state index contributed by atoms with van der Waals surface area (Å²) in [6, 6.07) is 7.33. The molecule has 0 spiro atoms. The van der Waals surface area contributed by atoms with E-state index in [1.807, 2.05) is 32.9 Å². The van der Waals surface area contributed by atoms with Crippen LogP contribution in [0.4, 0.5) is 17.1 Å². The number of rotatable bonds is 5. The molecule has 8 heteroatoms. The Kier molecular flexibility index (Phi) is 5.79. The molecule has 2 aromatic carbocycles. The second-order valence-electron chi connectivity index (χ2n) is 6.34. The van der Waals surface area contributed by atoms with Crippen molar-refractivity contribution in [3.05, 3.63) is 62.7 Å². The van der Waals surface area contributed by atoms with Gasteiger partial charge in [-0.3, -0.25) is 14.9 Å². The molecule has 0 fully saturated rings. The summed E-state index contributed by atoms with van der Waals surface area (Å²) < 4.78 is 5.14. The van der Waals surface area contributed by atoms with Gasteiger partial charge in [-0.1, -0.05) is 17.7 Å². The summed E-state index contributed by atoms with van der Waals surface area (Å²) in [5.74, 6) is -1.42. The Hall–Kier alpha value is -3.42. The van der Waals surface area contributed by atoms with E-state index in [2.05, 4.69) is 5.32 Å². The Morgan fingerprint density at radius 2 is 1.74 bits per heavy atom. The minimum absolute atomic E-state index is 0.0310. The molecule has 0 saturated carbocycles. The van der Waals surface area contributed by atoms with Crippen LogP contribution in [0.15, 0.2) is 30.3 Å². The summed E-state index contributed by atoms with van der Waals surface area (Å²) >= 11 is 0. The molecule has 0 unspecified atom stereocenters. The van der Waals surface area contributed by atoms with Crippen molar-refractivity contribution in [1.29, 1.82) is 0 Å². The fourth-order valence-corrected chi connectivity index (χ4v) is 2.71. The molecule has 142 valence electrons. The first-order valence-electron chi connectivity index (χ1n) is 8.23. The molecule has 8 nitrogen and oxygen atoms in total. The average molecular weight is 371 g/mol. The molecule has 3 N–H and O–H groups in total. The average Bonchev–Trinajstić information content (AvgIpc) is 2.57. The summed E-state index contributed by atoms with van der Waals surface area (Å²) in [4.78, 5) is 34.9. The van der Waals surface area contributed by atoms with Gasteiger partial charge in [0.2, 0.25) is 0 Å². The van der Waals surface area contributed by atoms with Crippen molar-refractivity contribution in [2.24, 2.45) is 0 Å². The second-order valence-corrected chi connectivity index (χ2v) is 6.34. The third-order valence-corrected chi connectivity index (χ3v) is 4.05. The molecular formula is C19H21N3O5. The zero-order chi connectivity index (χ0) is 20.3. The Morgan fingerprint density at radius 3 is 2.30 bits per heavy atom. The highest BCUT2D eigenvalue weighted by Crippen LogP contribution is 2.23. The number of nitrogen functional groups attached to an aromatic ring is 1. The Morgan fingerprint density at radius 1 is 1.15 bits per heavy atom. The lowest BCUT2D eigenvalue weighted by Crippen LogP contribution is -2.30. The van der Waals surface area contributed by atoms with Crippen LogP contribution in [0.3, 0.4) is 0 Å². The predicted molar refractivity (Wildman–Crippen MR) is 102 cm³/mol. The minimum atomic E-state index is -1.11. The fourth-order valence-electron chi connectivity index (χ4n) is 2.71. The van der Waals surface area contributed by atoms with E-state index in [1.54, 1.807) is 0 Å². The van der Waals surface area contributed by atoms with Gasteiger partial charge in [0, 0.05) is 23.5 Å². The summed E-state index contributed by atoms with van der Waals surface area (Å²) in [5.41, 5.74) is 8.78. The van der Waals surface area contributed by atoms with Crippen molar-refractivity contribution < 1.29 is 19.2 Å². The molecule has 2 rings (SSSR count). The first-order valence-corrected chi connectivity index (χ1v) is 8.23. The zero-order valence-electron chi connectivity index (χ0n) is 15.5. The predicted octanol–water partition coefficient (Wildman–Crippen LogP) is 3.29. The van der Waals surface area contributed by atoms with E-state index in [1.165, 1.54) is 19.1 Å². The van der Waals surface area contributed by atoms with E-state index in [9.17, 15) is 19.7 Å². The third-order valence-electron chi connectivity index (χ3n) is 4.05. The minimum Gasteiger partial charge on any atom is -0.449 e. The maximum Gasteiger partial charge on any atom is 0.341 e. The molecule has 1 amide bonds. The topological polar surface area (TPSA) is 125 Å². The highest BCUT2D eigenvalue weighted by atomic mass is 16.6. The van der Waals surface area contributed by atoms with Gasteiger partial charge in [-0.15, -0.1) is 0 Å².